The summed E-state index contributed by atoms with van der Waals surface area (Å²) in [5, 5.41) is 2.54. The van der Waals surface area contributed by atoms with Crippen molar-refractivity contribution in [1.82, 2.24) is 5.32 Å². The van der Waals surface area contributed by atoms with E-state index in [1.165, 1.54) is 13.0 Å². The number of hydrogen-bond donors (Lipinski definition) is 1. The van der Waals surface area contributed by atoms with Crippen LogP contribution in [0, 0.1) is 5.82 Å². The minimum absolute atomic E-state index is 0.174. The molecule has 1 aromatic carbocycles. The van der Waals surface area contributed by atoms with Gasteiger partial charge in [0.15, 0.2) is 6.10 Å². The number of ether oxygens (including phenoxy) is 1. The lowest BCUT2D eigenvalue weighted by molar-refractivity contribution is -0.128. The number of nitrogens with one attached hydrogen (secondary N) is 1. The number of amides is 1. The predicted octanol–water partition coefficient (Wildman–Crippen LogP) is 2.27. The average molecular weight is 318 g/mol. The molecule has 0 radical (unpaired) electrons. The summed E-state index contributed by atoms with van der Waals surface area (Å²) in [6.45, 7) is 3.70. The number of rotatable bonds is 4. The van der Waals surface area contributed by atoms with Crippen molar-refractivity contribution in [3.8, 4) is 0 Å². The molecule has 1 atom stereocenters. The molecule has 98 valence electrons. The monoisotopic (exact) mass is 317 g/mol. The molecule has 0 fully saturated rings. The summed E-state index contributed by atoms with van der Waals surface area (Å²) in [4.78, 5) is 23.1. The molecular formula is C12H13BrFNO3. The number of carbonyl (C=O) groups excluding carboxylic acids is 2. The molecule has 0 heterocycles. The van der Waals surface area contributed by atoms with Gasteiger partial charge < -0.3 is 10.1 Å². The molecule has 0 aliphatic carbocycles. The van der Waals surface area contributed by atoms with E-state index in [9.17, 15) is 14.0 Å². The fraction of sp³-hybridized carbons (Fsp3) is 0.333. The van der Waals surface area contributed by atoms with Gasteiger partial charge in [-0.1, -0.05) is 0 Å². The SMILES string of the molecule is CCNC(=O)[C@@H](C)OC(=O)c1ccc(F)cc1Br. The molecule has 0 saturated carbocycles. The molecule has 1 aromatic rings. The van der Waals surface area contributed by atoms with E-state index in [4.69, 9.17) is 4.74 Å². The van der Waals surface area contributed by atoms with Crippen molar-refractivity contribution in [3.63, 3.8) is 0 Å². The highest BCUT2D eigenvalue weighted by Gasteiger charge is 2.19. The van der Waals surface area contributed by atoms with Gasteiger partial charge in [0.1, 0.15) is 5.82 Å². The second-order valence-electron chi connectivity index (χ2n) is 3.57. The molecule has 0 spiro atoms. The number of benzene rings is 1. The van der Waals surface area contributed by atoms with Gasteiger partial charge in [0.2, 0.25) is 0 Å². The Labute approximate surface area is 113 Å². The summed E-state index contributed by atoms with van der Waals surface area (Å²) in [7, 11) is 0. The van der Waals surface area contributed by atoms with Crippen LogP contribution in [0.3, 0.4) is 0 Å². The maximum absolute atomic E-state index is 12.9. The molecule has 6 heteroatoms. The van der Waals surface area contributed by atoms with E-state index in [1.54, 1.807) is 6.92 Å². The van der Waals surface area contributed by atoms with Crippen LogP contribution in [-0.2, 0) is 9.53 Å². The summed E-state index contributed by atoms with van der Waals surface area (Å²) in [6, 6.07) is 3.61. The van der Waals surface area contributed by atoms with Crippen LogP contribution in [-0.4, -0.2) is 24.5 Å². The summed E-state index contributed by atoms with van der Waals surface area (Å²) in [5.41, 5.74) is 0.174. The number of hydrogen-bond acceptors (Lipinski definition) is 3. The smallest absolute Gasteiger partial charge is 0.340 e. The van der Waals surface area contributed by atoms with E-state index < -0.39 is 17.9 Å². The van der Waals surface area contributed by atoms with Gasteiger partial charge in [0.05, 0.1) is 5.56 Å². The van der Waals surface area contributed by atoms with Crippen LogP contribution in [0.25, 0.3) is 0 Å². The van der Waals surface area contributed by atoms with Crippen molar-refractivity contribution in [1.29, 1.82) is 0 Å². The molecular weight excluding hydrogens is 305 g/mol. The first-order valence-electron chi connectivity index (χ1n) is 5.39. The molecule has 0 aliphatic rings. The zero-order valence-electron chi connectivity index (χ0n) is 10.00. The van der Waals surface area contributed by atoms with E-state index in [0.717, 1.165) is 12.1 Å². The maximum atomic E-state index is 12.9. The van der Waals surface area contributed by atoms with E-state index in [2.05, 4.69) is 21.2 Å². The third kappa shape index (κ3) is 3.80. The molecule has 1 N–H and O–H groups in total. The maximum Gasteiger partial charge on any atom is 0.340 e. The van der Waals surface area contributed by atoms with Gasteiger partial charge in [-0.05, 0) is 48.0 Å². The summed E-state index contributed by atoms with van der Waals surface area (Å²) < 4.78 is 18.1. The second kappa shape index (κ2) is 6.49. The lowest BCUT2D eigenvalue weighted by Crippen LogP contribution is -2.35. The van der Waals surface area contributed by atoms with Gasteiger partial charge in [0, 0.05) is 11.0 Å². The minimum Gasteiger partial charge on any atom is -0.449 e. The Bertz CT molecular complexity index is 465. The quantitative estimate of drug-likeness (QED) is 0.867. The molecule has 0 unspecified atom stereocenters. The fourth-order valence-electron chi connectivity index (χ4n) is 1.25. The molecule has 0 saturated heterocycles. The Morgan fingerprint density at radius 1 is 1.50 bits per heavy atom. The van der Waals surface area contributed by atoms with Crippen LogP contribution in [0.1, 0.15) is 24.2 Å². The van der Waals surface area contributed by atoms with Gasteiger partial charge in [0.25, 0.3) is 5.91 Å². The zero-order chi connectivity index (χ0) is 13.7. The van der Waals surface area contributed by atoms with Gasteiger partial charge in [-0.2, -0.15) is 0 Å². The minimum atomic E-state index is -0.894. The van der Waals surface area contributed by atoms with Crippen LogP contribution in [0.15, 0.2) is 22.7 Å². The molecule has 0 aliphatic heterocycles. The third-order valence-corrected chi connectivity index (χ3v) is 2.81. The van der Waals surface area contributed by atoms with Crippen LogP contribution >= 0.6 is 15.9 Å². The summed E-state index contributed by atoms with van der Waals surface area (Å²) in [6.07, 6.45) is -0.894. The summed E-state index contributed by atoms with van der Waals surface area (Å²) >= 11 is 3.06. The lowest BCUT2D eigenvalue weighted by Gasteiger charge is -2.13. The van der Waals surface area contributed by atoms with Crippen LogP contribution in [0.2, 0.25) is 0 Å². The number of halogens is 2. The highest BCUT2D eigenvalue weighted by molar-refractivity contribution is 9.10. The van der Waals surface area contributed by atoms with E-state index in [1.807, 2.05) is 0 Å². The number of likely N-dealkylation sites (N-methyl/N-ethyl adjacent to an activating group) is 1. The van der Waals surface area contributed by atoms with Crippen LogP contribution in [0.5, 0.6) is 0 Å². The van der Waals surface area contributed by atoms with Crippen LogP contribution < -0.4 is 5.32 Å². The summed E-state index contributed by atoms with van der Waals surface area (Å²) in [5.74, 6) is -1.51. The Morgan fingerprint density at radius 2 is 2.17 bits per heavy atom. The first-order valence-corrected chi connectivity index (χ1v) is 6.18. The normalized spacial score (nSPS) is 11.8. The van der Waals surface area contributed by atoms with Crippen molar-refractivity contribution in [2.75, 3.05) is 6.54 Å². The lowest BCUT2D eigenvalue weighted by atomic mass is 10.2. The van der Waals surface area contributed by atoms with Crippen molar-refractivity contribution in [2.45, 2.75) is 20.0 Å². The van der Waals surface area contributed by atoms with Crippen LogP contribution in [0.4, 0.5) is 4.39 Å². The third-order valence-electron chi connectivity index (χ3n) is 2.16. The van der Waals surface area contributed by atoms with E-state index in [0.29, 0.717) is 6.54 Å². The number of carbonyl (C=O) groups is 2. The van der Waals surface area contributed by atoms with Gasteiger partial charge in [-0.25, -0.2) is 9.18 Å². The van der Waals surface area contributed by atoms with Crippen molar-refractivity contribution in [2.24, 2.45) is 0 Å². The molecule has 1 amide bonds. The Kier molecular flexibility index (Phi) is 5.27. The molecule has 0 bridgehead atoms. The predicted molar refractivity (Wildman–Crippen MR) is 67.7 cm³/mol. The molecule has 0 aromatic heterocycles. The topological polar surface area (TPSA) is 55.4 Å². The highest BCUT2D eigenvalue weighted by Crippen LogP contribution is 2.19. The Hall–Kier alpha value is -1.43. The largest absolute Gasteiger partial charge is 0.449 e. The van der Waals surface area contributed by atoms with Gasteiger partial charge >= 0.3 is 5.97 Å². The molecule has 4 nitrogen and oxygen atoms in total. The average Bonchev–Trinajstić information content (AvgIpc) is 2.28. The van der Waals surface area contributed by atoms with E-state index >= 15 is 0 Å². The highest BCUT2D eigenvalue weighted by atomic mass is 79.9. The zero-order valence-corrected chi connectivity index (χ0v) is 11.6. The Balaban J connectivity index is 2.73. The van der Waals surface area contributed by atoms with Crippen molar-refractivity contribution >= 4 is 27.8 Å². The Morgan fingerprint density at radius 3 is 2.72 bits per heavy atom. The second-order valence-corrected chi connectivity index (χ2v) is 4.42. The van der Waals surface area contributed by atoms with Crippen molar-refractivity contribution in [3.05, 3.63) is 34.1 Å². The first kappa shape index (κ1) is 14.6. The standard InChI is InChI=1S/C12H13BrFNO3/c1-3-15-11(16)7(2)18-12(17)9-5-4-8(14)6-10(9)13/h4-7H,3H2,1-2H3,(H,15,16)/t7-/m1/s1. The molecule has 1 rings (SSSR count). The molecule has 18 heavy (non-hydrogen) atoms. The van der Waals surface area contributed by atoms with Gasteiger partial charge in [-0.15, -0.1) is 0 Å². The first-order chi connectivity index (χ1) is 8.45. The fourth-order valence-corrected chi connectivity index (χ4v) is 1.76. The van der Waals surface area contributed by atoms with Gasteiger partial charge in [-0.3, -0.25) is 4.79 Å². The number of esters is 1. The van der Waals surface area contributed by atoms with E-state index in [-0.39, 0.29) is 15.9 Å². The van der Waals surface area contributed by atoms with Crippen molar-refractivity contribution < 1.29 is 18.7 Å².